The van der Waals surface area contributed by atoms with Crippen LogP contribution in [0.25, 0.3) is 0 Å². The molecular formula is C23H31N3O3. The fraction of sp³-hybridized carbons (Fsp3) is 0.478. The fourth-order valence-corrected chi connectivity index (χ4v) is 4.17. The van der Waals surface area contributed by atoms with Crippen LogP contribution in [-0.2, 0) is 0 Å². The summed E-state index contributed by atoms with van der Waals surface area (Å²) in [5, 5.41) is 0. The van der Waals surface area contributed by atoms with Crippen molar-refractivity contribution in [2.45, 2.75) is 33.7 Å². The maximum Gasteiger partial charge on any atom is 0.253 e. The zero-order valence-electron chi connectivity index (χ0n) is 18.1. The van der Waals surface area contributed by atoms with Gasteiger partial charge >= 0.3 is 0 Å². The van der Waals surface area contributed by atoms with E-state index in [9.17, 15) is 9.59 Å². The Hall–Kier alpha value is -2.60. The first-order chi connectivity index (χ1) is 13.8. The van der Waals surface area contributed by atoms with Gasteiger partial charge in [-0.25, -0.2) is 0 Å². The van der Waals surface area contributed by atoms with Gasteiger partial charge in [-0.15, -0.1) is 0 Å². The number of amides is 1. The van der Waals surface area contributed by atoms with Crippen molar-refractivity contribution >= 4 is 11.7 Å². The third-order valence-electron chi connectivity index (χ3n) is 5.66. The van der Waals surface area contributed by atoms with Gasteiger partial charge < -0.3 is 14.2 Å². The molecule has 6 heteroatoms. The van der Waals surface area contributed by atoms with Crippen molar-refractivity contribution in [2.24, 2.45) is 0 Å². The lowest BCUT2D eigenvalue weighted by Gasteiger charge is -2.34. The molecule has 1 amide bonds. The molecule has 0 atom stereocenters. The zero-order chi connectivity index (χ0) is 21.1. The Kier molecular flexibility index (Phi) is 6.42. The number of piperazine rings is 1. The first-order valence-corrected chi connectivity index (χ1v) is 10.2. The summed E-state index contributed by atoms with van der Waals surface area (Å²) in [6.07, 6.45) is 0. The zero-order valence-corrected chi connectivity index (χ0v) is 18.1. The van der Waals surface area contributed by atoms with Gasteiger partial charge in [-0.1, -0.05) is 0 Å². The molecule has 1 saturated heterocycles. The molecule has 1 aliphatic heterocycles. The standard InChI is InChI=1S/C23H31N3O3/c1-16(2)26-17(3)14-21(18(26)4)22(27)15-24-10-12-25(13-11-24)23(28)19-6-8-20(29-5)9-7-19/h6-9,14,16H,10-13,15H2,1-5H3. The second-order valence-electron chi connectivity index (χ2n) is 7.97. The van der Waals surface area contributed by atoms with Crippen molar-refractivity contribution in [3.8, 4) is 5.75 Å². The average molecular weight is 398 g/mol. The number of ketones is 1. The Balaban J connectivity index is 1.57. The van der Waals surface area contributed by atoms with Gasteiger partial charge in [-0.3, -0.25) is 14.5 Å². The van der Waals surface area contributed by atoms with Crippen molar-refractivity contribution in [2.75, 3.05) is 39.8 Å². The van der Waals surface area contributed by atoms with E-state index < -0.39 is 0 Å². The first-order valence-electron chi connectivity index (χ1n) is 10.2. The summed E-state index contributed by atoms with van der Waals surface area (Å²) in [5.74, 6) is 0.917. The van der Waals surface area contributed by atoms with Crippen LogP contribution in [0.4, 0.5) is 0 Å². The van der Waals surface area contributed by atoms with Crippen LogP contribution >= 0.6 is 0 Å². The van der Waals surface area contributed by atoms with Crippen LogP contribution in [0, 0.1) is 13.8 Å². The van der Waals surface area contributed by atoms with Gasteiger partial charge in [-0.05, 0) is 58.0 Å². The van der Waals surface area contributed by atoms with Crippen molar-refractivity contribution in [3.05, 3.63) is 52.8 Å². The van der Waals surface area contributed by atoms with Crippen LogP contribution < -0.4 is 4.74 Å². The van der Waals surface area contributed by atoms with E-state index >= 15 is 0 Å². The molecule has 156 valence electrons. The molecule has 0 bridgehead atoms. The first kappa shape index (κ1) is 21.1. The summed E-state index contributed by atoms with van der Waals surface area (Å²) in [6.45, 7) is 11.4. The lowest BCUT2D eigenvalue weighted by molar-refractivity contribution is 0.0624. The number of benzene rings is 1. The largest absolute Gasteiger partial charge is 0.497 e. The van der Waals surface area contributed by atoms with Crippen LogP contribution in [-0.4, -0.2) is 65.9 Å². The summed E-state index contributed by atoms with van der Waals surface area (Å²) in [7, 11) is 1.61. The van der Waals surface area contributed by atoms with Gasteiger partial charge in [0.1, 0.15) is 5.75 Å². The second kappa shape index (κ2) is 8.82. The Morgan fingerprint density at radius 1 is 1.03 bits per heavy atom. The molecule has 1 aromatic heterocycles. The fourth-order valence-electron chi connectivity index (χ4n) is 4.17. The maximum atomic E-state index is 12.9. The van der Waals surface area contributed by atoms with Gasteiger partial charge in [0.05, 0.1) is 13.7 Å². The van der Waals surface area contributed by atoms with Crippen LogP contribution in [0.15, 0.2) is 30.3 Å². The number of Topliss-reactive ketones (excluding diaryl/α,β-unsaturated/α-hetero) is 1. The Labute approximate surface area is 173 Å². The number of aromatic nitrogens is 1. The topological polar surface area (TPSA) is 54.8 Å². The number of carbonyl (C=O) groups excluding carboxylic acids is 2. The number of nitrogens with zero attached hydrogens (tertiary/aromatic N) is 3. The molecule has 29 heavy (non-hydrogen) atoms. The summed E-state index contributed by atoms with van der Waals surface area (Å²) < 4.78 is 7.35. The SMILES string of the molecule is COc1ccc(C(=O)N2CCN(CC(=O)c3cc(C)n(C(C)C)c3C)CC2)cc1. The lowest BCUT2D eigenvalue weighted by Crippen LogP contribution is -2.49. The molecule has 1 fully saturated rings. The predicted octanol–water partition coefficient (Wildman–Crippen LogP) is 3.34. The molecule has 0 unspecified atom stereocenters. The lowest BCUT2D eigenvalue weighted by atomic mass is 10.1. The molecule has 1 aliphatic rings. The number of aryl methyl sites for hydroxylation is 1. The van der Waals surface area contributed by atoms with E-state index in [0.29, 0.717) is 44.3 Å². The van der Waals surface area contributed by atoms with E-state index in [1.165, 1.54) is 0 Å². The number of carbonyl (C=O) groups is 2. The van der Waals surface area contributed by atoms with Crippen LogP contribution in [0.5, 0.6) is 5.75 Å². The highest BCUT2D eigenvalue weighted by Crippen LogP contribution is 2.21. The Morgan fingerprint density at radius 2 is 1.66 bits per heavy atom. The van der Waals surface area contributed by atoms with Gasteiger partial charge in [-0.2, -0.15) is 0 Å². The van der Waals surface area contributed by atoms with Crippen molar-refractivity contribution in [1.29, 1.82) is 0 Å². The number of hydrogen-bond donors (Lipinski definition) is 0. The van der Waals surface area contributed by atoms with E-state index in [1.54, 1.807) is 31.4 Å². The van der Waals surface area contributed by atoms with E-state index in [0.717, 1.165) is 22.7 Å². The molecule has 6 nitrogen and oxygen atoms in total. The highest BCUT2D eigenvalue weighted by atomic mass is 16.5. The molecule has 0 spiro atoms. The van der Waals surface area contributed by atoms with Crippen LogP contribution in [0.3, 0.4) is 0 Å². The third-order valence-corrected chi connectivity index (χ3v) is 5.66. The number of ether oxygens (including phenoxy) is 1. The highest BCUT2D eigenvalue weighted by molar-refractivity contribution is 5.99. The smallest absolute Gasteiger partial charge is 0.253 e. The molecule has 2 heterocycles. The van der Waals surface area contributed by atoms with Gasteiger partial charge in [0.2, 0.25) is 0 Å². The van der Waals surface area contributed by atoms with E-state index in [2.05, 4.69) is 23.3 Å². The van der Waals surface area contributed by atoms with Gasteiger partial charge in [0.25, 0.3) is 5.91 Å². The van der Waals surface area contributed by atoms with Crippen molar-refractivity contribution in [3.63, 3.8) is 0 Å². The summed E-state index contributed by atoms with van der Waals surface area (Å²) in [5.41, 5.74) is 3.64. The minimum absolute atomic E-state index is 0.0270. The number of methoxy groups -OCH3 is 1. The minimum atomic E-state index is 0.0270. The Bertz CT molecular complexity index is 876. The molecular weight excluding hydrogens is 366 g/mol. The molecule has 0 aliphatic carbocycles. The molecule has 3 rings (SSSR count). The van der Waals surface area contributed by atoms with E-state index in [1.807, 2.05) is 24.8 Å². The van der Waals surface area contributed by atoms with Gasteiger partial charge in [0.15, 0.2) is 5.78 Å². The molecule has 1 aromatic carbocycles. The highest BCUT2D eigenvalue weighted by Gasteiger charge is 2.25. The molecule has 0 saturated carbocycles. The van der Waals surface area contributed by atoms with Crippen LogP contribution in [0.1, 0.15) is 52.0 Å². The monoisotopic (exact) mass is 397 g/mol. The number of rotatable bonds is 6. The second-order valence-corrected chi connectivity index (χ2v) is 7.97. The van der Waals surface area contributed by atoms with Crippen molar-refractivity contribution in [1.82, 2.24) is 14.4 Å². The molecule has 0 N–H and O–H groups in total. The molecule has 2 aromatic rings. The summed E-state index contributed by atoms with van der Waals surface area (Å²) >= 11 is 0. The van der Waals surface area contributed by atoms with E-state index in [-0.39, 0.29) is 11.7 Å². The summed E-state index contributed by atoms with van der Waals surface area (Å²) in [4.78, 5) is 29.6. The minimum Gasteiger partial charge on any atom is -0.497 e. The van der Waals surface area contributed by atoms with Crippen molar-refractivity contribution < 1.29 is 14.3 Å². The Morgan fingerprint density at radius 3 is 2.17 bits per heavy atom. The molecule has 0 radical (unpaired) electrons. The third kappa shape index (κ3) is 4.53. The average Bonchev–Trinajstić information content (AvgIpc) is 3.02. The number of hydrogen-bond acceptors (Lipinski definition) is 4. The normalized spacial score (nSPS) is 15.0. The predicted molar refractivity (Wildman–Crippen MR) is 114 cm³/mol. The quantitative estimate of drug-likeness (QED) is 0.702. The maximum absolute atomic E-state index is 12.9. The van der Waals surface area contributed by atoms with Gasteiger partial charge in [0, 0.05) is 54.7 Å². The van der Waals surface area contributed by atoms with Crippen LogP contribution in [0.2, 0.25) is 0 Å². The summed E-state index contributed by atoms with van der Waals surface area (Å²) in [6, 6.07) is 9.53. The van der Waals surface area contributed by atoms with E-state index in [4.69, 9.17) is 4.74 Å².